The second-order valence-electron chi connectivity index (χ2n) is 15.2. The normalized spacial score (nSPS) is 16.7. The second-order valence-corrected chi connectivity index (χ2v) is 15.2. The molecule has 2 fully saturated rings. The summed E-state index contributed by atoms with van der Waals surface area (Å²) in [6.45, 7) is 4.84. The van der Waals surface area contributed by atoms with Crippen molar-refractivity contribution in [3.8, 4) is 46.1 Å². The van der Waals surface area contributed by atoms with Crippen molar-refractivity contribution in [2.45, 2.75) is 63.7 Å². The third-order valence-corrected chi connectivity index (χ3v) is 11.0. The lowest BCUT2D eigenvalue weighted by molar-refractivity contribution is -0.135. The summed E-state index contributed by atoms with van der Waals surface area (Å²) >= 11 is 0. The summed E-state index contributed by atoms with van der Waals surface area (Å²) in [5, 5.41) is 5.39. The molecule has 312 valence electrons. The molecule has 4 N–H and O–H groups in total. The van der Waals surface area contributed by atoms with Crippen LogP contribution in [0.5, 0.6) is 0 Å². The van der Waals surface area contributed by atoms with Gasteiger partial charge in [0.15, 0.2) is 0 Å². The van der Waals surface area contributed by atoms with E-state index in [1.54, 1.807) is 22.2 Å². The molecule has 3 aromatic carbocycles. The molecule has 0 spiro atoms. The molecule has 4 amide bonds. The number of carbonyl (C=O) groups is 4. The Hall–Kier alpha value is -7.32. The summed E-state index contributed by atoms with van der Waals surface area (Å²) in [6, 6.07) is 22.9. The zero-order valence-corrected chi connectivity index (χ0v) is 34.5. The second kappa shape index (κ2) is 19.2. The van der Waals surface area contributed by atoms with E-state index in [-0.39, 0.29) is 29.8 Å². The lowest BCUT2D eigenvalue weighted by Crippen LogP contribution is -2.51. The molecule has 14 nitrogen and oxygen atoms in total. The minimum Gasteiger partial charge on any atom is -0.453 e. The zero-order chi connectivity index (χ0) is 42.9. The quantitative estimate of drug-likeness (QED) is 0.113. The highest BCUT2D eigenvalue weighted by Crippen LogP contribution is 2.36. The Bertz CT molecular complexity index is 2490. The average Bonchev–Trinajstić information content (AvgIpc) is 4.14. The van der Waals surface area contributed by atoms with E-state index in [1.807, 2.05) is 86.6 Å². The van der Waals surface area contributed by atoms with Gasteiger partial charge in [-0.25, -0.2) is 19.6 Å². The largest absolute Gasteiger partial charge is 0.453 e. The average molecular weight is 821 g/mol. The van der Waals surface area contributed by atoms with Crippen molar-refractivity contribution in [3.63, 3.8) is 0 Å². The van der Waals surface area contributed by atoms with E-state index >= 15 is 0 Å². The fraction of sp³-hybridized carbons (Fsp3) is 0.319. The number of carbonyl (C=O) groups excluding carboxylic acids is 4. The van der Waals surface area contributed by atoms with Crippen LogP contribution >= 0.6 is 0 Å². The summed E-state index contributed by atoms with van der Waals surface area (Å²) in [5.41, 5.74) is 5.59. The number of rotatable bonds is 10. The molecular formula is C47H48N8O6. The first-order chi connectivity index (χ1) is 29.6. The van der Waals surface area contributed by atoms with Crippen molar-refractivity contribution < 1.29 is 28.7 Å². The van der Waals surface area contributed by atoms with Gasteiger partial charge in [-0.3, -0.25) is 9.59 Å². The predicted molar refractivity (Wildman–Crippen MR) is 228 cm³/mol. The minimum atomic E-state index is -0.908. The number of hydrogen-bond acceptors (Lipinski definition) is 8. The number of alkyl carbamates (subject to hydrolysis) is 2. The van der Waals surface area contributed by atoms with Gasteiger partial charge in [-0.05, 0) is 78.2 Å². The van der Waals surface area contributed by atoms with Gasteiger partial charge in [0, 0.05) is 24.2 Å². The van der Waals surface area contributed by atoms with Gasteiger partial charge in [0.05, 0.1) is 44.4 Å². The Kier molecular flexibility index (Phi) is 13.1. The molecular weight excluding hydrogens is 773 g/mol. The lowest BCUT2D eigenvalue weighted by Gasteiger charge is -2.29. The first-order valence-corrected chi connectivity index (χ1v) is 20.3. The van der Waals surface area contributed by atoms with Gasteiger partial charge in [-0.2, -0.15) is 0 Å². The number of aromatic amines is 2. The number of ether oxygens (including phenoxy) is 2. The molecule has 2 saturated heterocycles. The Balaban J connectivity index is 1.09. The fourth-order valence-corrected chi connectivity index (χ4v) is 7.88. The number of nitrogens with zero attached hydrogens (tertiary/aromatic N) is 4. The van der Waals surface area contributed by atoms with E-state index in [0.29, 0.717) is 36.0 Å². The SMILES string of the molecule is COC(=O)NC(C(=O)N1CCC[C@H]1c1ncc(-c2ccc(C#CC#Cc3cnc(C4CCCN4C(=O)C(NC(=O)OC)C(C)C)[nH]3)c(-c3ccccc3)c2)[nH]1)c1ccccc1. The van der Waals surface area contributed by atoms with E-state index in [1.165, 1.54) is 14.2 Å². The highest BCUT2D eigenvalue weighted by molar-refractivity contribution is 5.88. The minimum absolute atomic E-state index is 0.132. The molecule has 4 atom stereocenters. The molecule has 5 aromatic rings. The molecule has 0 bridgehead atoms. The summed E-state index contributed by atoms with van der Waals surface area (Å²) < 4.78 is 9.59. The third-order valence-electron chi connectivity index (χ3n) is 11.0. The Morgan fingerprint density at radius 2 is 1.33 bits per heavy atom. The van der Waals surface area contributed by atoms with E-state index in [4.69, 9.17) is 14.5 Å². The predicted octanol–water partition coefficient (Wildman–Crippen LogP) is 6.67. The number of nitrogens with one attached hydrogen (secondary N) is 4. The molecule has 3 unspecified atom stereocenters. The van der Waals surface area contributed by atoms with Crippen LogP contribution in [0.15, 0.2) is 91.3 Å². The summed E-state index contributed by atoms with van der Waals surface area (Å²) in [6.07, 6.45) is 5.14. The maximum Gasteiger partial charge on any atom is 0.407 e. The van der Waals surface area contributed by atoms with Crippen LogP contribution in [0.4, 0.5) is 9.59 Å². The Labute approximate surface area is 354 Å². The molecule has 2 aromatic heterocycles. The summed E-state index contributed by atoms with van der Waals surface area (Å²) in [4.78, 5) is 71.3. The molecule has 0 saturated carbocycles. The van der Waals surface area contributed by atoms with Gasteiger partial charge in [0.2, 0.25) is 5.91 Å². The first kappa shape index (κ1) is 41.8. The number of methoxy groups -OCH3 is 2. The van der Waals surface area contributed by atoms with Crippen LogP contribution in [0.1, 0.15) is 86.1 Å². The van der Waals surface area contributed by atoms with Gasteiger partial charge in [-0.15, -0.1) is 0 Å². The fourth-order valence-electron chi connectivity index (χ4n) is 7.88. The van der Waals surface area contributed by atoms with Crippen molar-refractivity contribution in [3.05, 3.63) is 120 Å². The van der Waals surface area contributed by atoms with E-state index < -0.39 is 24.3 Å². The maximum absolute atomic E-state index is 14.0. The maximum atomic E-state index is 14.0. The zero-order valence-electron chi connectivity index (χ0n) is 34.5. The van der Waals surface area contributed by atoms with Crippen LogP contribution in [-0.4, -0.2) is 87.1 Å². The Morgan fingerprint density at radius 3 is 2.00 bits per heavy atom. The first-order valence-electron chi connectivity index (χ1n) is 20.3. The van der Waals surface area contributed by atoms with E-state index in [0.717, 1.165) is 53.6 Å². The summed E-state index contributed by atoms with van der Waals surface area (Å²) in [7, 11) is 2.55. The van der Waals surface area contributed by atoms with E-state index in [9.17, 15) is 19.2 Å². The number of amides is 4. The number of imidazole rings is 2. The van der Waals surface area contributed by atoms with Gasteiger partial charge >= 0.3 is 12.2 Å². The topological polar surface area (TPSA) is 175 Å². The Morgan fingerprint density at radius 1 is 0.721 bits per heavy atom. The molecule has 61 heavy (non-hydrogen) atoms. The molecule has 4 heterocycles. The van der Waals surface area contributed by atoms with Crippen LogP contribution in [0, 0.1) is 29.6 Å². The van der Waals surface area contributed by atoms with Gasteiger partial charge in [0.25, 0.3) is 5.91 Å². The van der Waals surface area contributed by atoms with Crippen LogP contribution < -0.4 is 10.6 Å². The molecule has 2 aliphatic rings. The van der Waals surface area contributed by atoms with E-state index in [2.05, 4.69) is 55.3 Å². The number of H-pyrrole nitrogens is 2. The van der Waals surface area contributed by atoms with Crippen molar-refractivity contribution in [1.29, 1.82) is 0 Å². The van der Waals surface area contributed by atoms with Crippen LogP contribution in [-0.2, 0) is 19.1 Å². The van der Waals surface area contributed by atoms with Gasteiger partial charge in [0.1, 0.15) is 29.4 Å². The standard InChI is InChI=1S/C47H48N8O6/c1-30(2)40(52-46(58)60-3)44(56)54-25-13-21-38(54)42-48-28-35(50-42)20-12-11-17-32-23-24-34(27-36(32)31-15-7-5-8-16-31)37-29-49-43(51-37)39-22-14-26-55(39)45(57)41(53-47(59)61-4)33-18-9-6-10-19-33/h5-10,15-16,18-19,23-24,27-30,38-41H,13-14,21-22,25-26H2,1-4H3,(H,48,50)(H,49,51)(H,52,58)(H,53,59)/t38?,39-,40?,41?/m0/s1. The van der Waals surface area contributed by atoms with Crippen LogP contribution in [0.25, 0.3) is 22.4 Å². The molecule has 14 heteroatoms. The number of aromatic nitrogens is 4. The molecule has 2 aliphatic heterocycles. The smallest absolute Gasteiger partial charge is 0.407 e. The highest BCUT2D eigenvalue weighted by Gasteiger charge is 2.38. The highest BCUT2D eigenvalue weighted by atomic mass is 16.5. The van der Waals surface area contributed by atoms with Crippen molar-refractivity contribution in [2.24, 2.45) is 5.92 Å². The molecule has 7 rings (SSSR count). The van der Waals surface area contributed by atoms with Gasteiger partial charge < -0.3 is 39.9 Å². The van der Waals surface area contributed by atoms with Crippen molar-refractivity contribution in [1.82, 2.24) is 40.4 Å². The monoisotopic (exact) mass is 820 g/mol. The summed E-state index contributed by atoms with van der Waals surface area (Å²) in [5.74, 6) is 13.0. The molecule has 0 radical (unpaired) electrons. The van der Waals surface area contributed by atoms with Crippen LogP contribution in [0.2, 0.25) is 0 Å². The third kappa shape index (κ3) is 9.61. The lowest BCUT2D eigenvalue weighted by atomic mass is 9.96. The number of hydrogen-bond donors (Lipinski definition) is 4. The van der Waals surface area contributed by atoms with Gasteiger partial charge in [-0.1, -0.05) is 86.5 Å². The van der Waals surface area contributed by atoms with Crippen molar-refractivity contribution >= 4 is 24.0 Å². The molecule has 0 aliphatic carbocycles. The van der Waals surface area contributed by atoms with Crippen molar-refractivity contribution in [2.75, 3.05) is 27.3 Å². The number of benzene rings is 3. The van der Waals surface area contributed by atoms with Crippen LogP contribution in [0.3, 0.4) is 0 Å². The number of likely N-dealkylation sites (tertiary alicyclic amines) is 2.